The van der Waals surface area contributed by atoms with Gasteiger partial charge in [0.15, 0.2) is 0 Å². The van der Waals surface area contributed by atoms with Crippen molar-refractivity contribution in [3.63, 3.8) is 0 Å². The average molecular weight is 392 g/mol. The van der Waals surface area contributed by atoms with Crippen molar-refractivity contribution in [3.05, 3.63) is 70.8 Å². The molecule has 1 aromatic carbocycles. The number of carbonyl (C=O) groups excluding carboxylic acids is 2. The van der Waals surface area contributed by atoms with Crippen LogP contribution in [0.5, 0.6) is 0 Å². The topological polar surface area (TPSA) is 37.4 Å². The lowest BCUT2D eigenvalue weighted by atomic mass is 9.80. The second-order valence-electron chi connectivity index (χ2n) is 8.67. The van der Waals surface area contributed by atoms with Crippen molar-refractivity contribution in [2.75, 3.05) is 0 Å². The van der Waals surface area contributed by atoms with Gasteiger partial charge in [-0.05, 0) is 64.9 Å². The van der Waals surface area contributed by atoms with E-state index in [1.165, 1.54) is 21.6 Å². The van der Waals surface area contributed by atoms with Crippen molar-refractivity contribution in [2.45, 2.75) is 65.8 Å². The first-order valence-electron chi connectivity index (χ1n) is 10.8. The molecule has 1 aliphatic carbocycles. The molecule has 2 unspecified atom stereocenters. The number of fused-ring (bicyclic) bond motifs is 1. The number of allylic oxidation sites excluding steroid dienone is 6. The summed E-state index contributed by atoms with van der Waals surface area (Å²) in [6.45, 7) is 6.87. The molecule has 1 aromatic rings. The van der Waals surface area contributed by atoms with Gasteiger partial charge < -0.3 is 0 Å². The molecule has 3 heteroatoms. The van der Waals surface area contributed by atoms with Crippen molar-refractivity contribution >= 4 is 11.8 Å². The Morgan fingerprint density at radius 2 is 1.72 bits per heavy atom. The molecule has 0 bridgehead atoms. The number of hydrogen-bond acceptors (Lipinski definition) is 2. The molecule has 1 aliphatic heterocycles. The Hall–Kier alpha value is -2.42. The molecule has 2 atom stereocenters. The highest BCUT2D eigenvalue weighted by Gasteiger charge is 2.48. The van der Waals surface area contributed by atoms with Crippen LogP contribution in [0.15, 0.2) is 65.3 Å². The average Bonchev–Trinajstić information content (AvgIpc) is 2.93. The first-order chi connectivity index (χ1) is 14.0. The van der Waals surface area contributed by atoms with Crippen molar-refractivity contribution < 1.29 is 9.59 Å². The summed E-state index contributed by atoms with van der Waals surface area (Å²) in [5.74, 6) is -0.290. The summed E-state index contributed by atoms with van der Waals surface area (Å²) in [4.78, 5) is 27.2. The molecule has 0 spiro atoms. The van der Waals surface area contributed by atoms with Crippen LogP contribution >= 0.6 is 0 Å². The monoisotopic (exact) mass is 391 g/mol. The quantitative estimate of drug-likeness (QED) is 0.404. The van der Waals surface area contributed by atoms with Crippen LogP contribution in [0.1, 0.15) is 64.9 Å². The fourth-order valence-corrected chi connectivity index (χ4v) is 4.33. The van der Waals surface area contributed by atoms with Gasteiger partial charge in [-0.15, -0.1) is 0 Å². The van der Waals surface area contributed by atoms with E-state index in [0.717, 1.165) is 37.7 Å². The van der Waals surface area contributed by atoms with E-state index in [-0.39, 0.29) is 23.7 Å². The number of hydrogen-bond donors (Lipinski definition) is 0. The highest BCUT2D eigenvalue weighted by molar-refractivity contribution is 6.05. The molecular weight excluding hydrogens is 358 g/mol. The minimum Gasteiger partial charge on any atom is -0.278 e. The highest BCUT2D eigenvalue weighted by atomic mass is 16.2. The molecule has 154 valence electrons. The number of amides is 2. The molecule has 3 rings (SSSR count). The fraction of sp³-hybridized carbons (Fsp3) is 0.462. The van der Waals surface area contributed by atoms with Crippen LogP contribution in [0.3, 0.4) is 0 Å². The zero-order chi connectivity index (χ0) is 20.8. The lowest BCUT2D eigenvalue weighted by Crippen LogP contribution is -2.30. The zero-order valence-corrected chi connectivity index (χ0v) is 18.0. The van der Waals surface area contributed by atoms with E-state index in [2.05, 4.69) is 39.0 Å². The molecular formula is C26H33NO2. The second-order valence-corrected chi connectivity index (χ2v) is 8.67. The molecule has 29 heavy (non-hydrogen) atoms. The molecule has 1 saturated heterocycles. The summed E-state index contributed by atoms with van der Waals surface area (Å²) in [6.07, 6.45) is 12.5. The molecule has 1 heterocycles. The van der Waals surface area contributed by atoms with Gasteiger partial charge in [-0.1, -0.05) is 65.3 Å². The van der Waals surface area contributed by atoms with E-state index >= 15 is 0 Å². The Kier molecular flexibility index (Phi) is 7.24. The Morgan fingerprint density at radius 3 is 2.45 bits per heavy atom. The number of rotatable bonds is 8. The van der Waals surface area contributed by atoms with Crippen LogP contribution < -0.4 is 0 Å². The molecule has 0 radical (unpaired) electrons. The summed E-state index contributed by atoms with van der Waals surface area (Å²) in [5, 5.41) is 0. The zero-order valence-electron chi connectivity index (χ0n) is 18.0. The second kappa shape index (κ2) is 9.87. The summed E-state index contributed by atoms with van der Waals surface area (Å²) in [5.41, 5.74) is 5.15. The normalized spacial score (nSPS) is 21.8. The van der Waals surface area contributed by atoms with Crippen molar-refractivity contribution in [1.82, 2.24) is 4.90 Å². The van der Waals surface area contributed by atoms with Crippen molar-refractivity contribution in [1.29, 1.82) is 0 Å². The minimum atomic E-state index is -0.158. The van der Waals surface area contributed by atoms with Crippen LogP contribution in [-0.4, -0.2) is 16.7 Å². The van der Waals surface area contributed by atoms with E-state index in [1.54, 1.807) is 0 Å². The maximum Gasteiger partial charge on any atom is 0.233 e. The predicted molar refractivity (Wildman–Crippen MR) is 118 cm³/mol. The molecule has 0 aromatic heterocycles. The van der Waals surface area contributed by atoms with Gasteiger partial charge in [-0.3, -0.25) is 14.5 Å². The van der Waals surface area contributed by atoms with Gasteiger partial charge in [0.05, 0.1) is 18.4 Å². The third-order valence-corrected chi connectivity index (χ3v) is 6.03. The Bertz CT molecular complexity index is 828. The summed E-state index contributed by atoms with van der Waals surface area (Å²) in [7, 11) is 0. The third kappa shape index (κ3) is 5.56. The predicted octanol–water partition coefficient (Wildman–Crippen LogP) is 5.98. The number of nitrogens with zero attached hydrogens (tertiary/aromatic N) is 1. The molecule has 1 fully saturated rings. The largest absolute Gasteiger partial charge is 0.278 e. The van der Waals surface area contributed by atoms with Crippen molar-refractivity contribution in [3.8, 4) is 0 Å². The van der Waals surface area contributed by atoms with Gasteiger partial charge in [-0.25, -0.2) is 0 Å². The summed E-state index contributed by atoms with van der Waals surface area (Å²) < 4.78 is 0. The van der Waals surface area contributed by atoms with Gasteiger partial charge in [0.2, 0.25) is 11.8 Å². The SMILES string of the molecule is CC(C)=CCC/C(C)=C\CCC1=CCC2C(=O)N(Cc3ccccc3)C(=O)C2C1. The number of benzene rings is 1. The van der Waals surface area contributed by atoms with E-state index in [1.807, 2.05) is 30.3 Å². The van der Waals surface area contributed by atoms with Gasteiger partial charge in [0.25, 0.3) is 0 Å². The first kappa shape index (κ1) is 21.3. The smallest absolute Gasteiger partial charge is 0.233 e. The number of carbonyl (C=O) groups is 2. The van der Waals surface area contributed by atoms with Crippen LogP contribution in [0, 0.1) is 11.8 Å². The summed E-state index contributed by atoms with van der Waals surface area (Å²) in [6, 6.07) is 9.78. The standard InChI is InChI=1S/C26H33NO2/c1-19(2)9-7-10-20(3)11-8-14-21-15-16-23-24(17-21)26(29)27(25(23)28)18-22-12-5-4-6-13-22/h4-6,9,11-13,15,23-24H,7-8,10,14,16-18H2,1-3H3/b20-11-. The number of imide groups is 1. The minimum absolute atomic E-state index is 0.00849. The van der Waals surface area contributed by atoms with E-state index in [4.69, 9.17) is 0 Å². The van der Waals surface area contributed by atoms with Crippen LogP contribution in [0.2, 0.25) is 0 Å². The van der Waals surface area contributed by atoms with Gasteiger partial charge >= 0.3 is 0 Å². The third-order valence-electron chi connectivity index (χ3n) is 6.03. The summed E-state index contributed by atoms with van der Waals surface area (Å²) >= 11 is 0. The van der Waals surface area contributed by atoms with Gasteiger partial charge in [0, 0.05) is 0 Å². The van der Waals surface area contributed by atoms with Crippen molar-refractivity contribution in [2.24, 2.45) is 11.8 Å². The highest BCUT2D eigenvalue weighted by Crippen LogP contribution is 2.39. The van der Waals surface area contributed by atoms with Gasteiger partial charge in [-0.2, -0.15) is 0 Å². The Labute approximate surface area is 175 Å². The maximum atomic E-state index is 12.9. The fourth-order valence-electron chi connectivity index (χ4n) is 4.33. The van der Waals surface area contributed by atoms with Crippen LogP contribution in [-0.2, 0) is 16.1 Å². The first-order valence-corrected chi connectivity index (χ1v) is 10.8. The Balaban J connectivity index is 1.53. The van der Waals surface area contributed by atoms with E-state index in [0.29, 0.717) is 13.0 Å². The lowest BCUT2D eigenvalue weighted by Gasteiger charge is -2.21. The molecule has 2 aliphatic rings. The molecule has 3 nitrogen and oxygen atoms in total. The van der Waals surface area contributed by atoms with Crippen LogP contribution in [0.25, 0.3) is 0 Å². The van der Waals surface area contributed by atoms with E-state index in [9.17, 15) is 9.59 Å². The lowest BCUT2D eigenvalue weighted by molar-refractivity contribution is -0.140. The molecule has 0 N–H and O–H groups in total. The maximum absolute atomic E-state index is 12.9. The molecule has 0 saturated carbocycles. The molecule has 2 amide bonds. The van der Waals surface area contributed by atoms with Gasteiger partial charge in [0.1, 0.15) is 0 Å². The van der Waals surface area contributed by atoms with Crippen LogP contribution in [0.4, 0.5) is 0 Å². The van der Waals surface area contributed by atoms with E-state index < -0.39 is 0 Å². The Morgan fingerprint density at radius 1 is 1.00 bits per heavy atom. The number of likely N-dealkylation sites (tertiary alicyclic amines) is 1.